The minimum Gasteiger partial charge on any atom is -0.453 e. The van der Waals surface area contributed by atoms with Crippen molar-refractivity contribution in [1.82, 2.24) is 20.0 Å². The van der Waals surface area contributed by atoms with Crippen LogP contribution < -0.4 is 10.2 Å². The number of alkyl carbamates (subject to hydrolysis) is 1. The number of sulfone groups is 1. The van der Waals surface area contributed by atoms with E-state index in [1.807, 2.05) is 6.07 Å². The summed E-state index contributed by atoms with van der Waals surface area (Å²) in [4.78, 5) is 32.1. The first-order valence-corrected chi connectivity index (χ1v) is 21.8. The number of carbonyl (C=O) groups excluding carboxylic acids is 2. The average Bonchev–Trinajstić information content (AvgIpc) is 3.64. The zero-order valence-electron chi connectivity index (χ0n) is 32.6. The maximum Gasteiger partial charge on any atom is 0.407 e. The van der Waals surface area contributed by atoms with Gasteiger partial charge in [0.1, 0.15) is 18.2 Å². The second kappa shape index (κ2) is 17.2. The van der Waals surface area contributed by atoms with Crippen LogP contribution in [-0.2, 0) is 24.8 Å². The highest BCUT2D eigenvalue weighted by atomic mass is 32.2. The number of anilines is 1. The molecule has 4 saturated heterocycles. The van der Waals surface area contributed by atoms with E-state index < -0.39 is 50.6 Å². The minimum atomic E-state index is -3.98. The molecule has 4 aliphatic heterocycles. The molecule has 7 rings (SSSR count). The number of methoxy groups -OCH3 is 1. The fourth-order valence-electron chi connectivity index (χ4n) is 10.3. The van der Waals surface area contributed by atoms with Crippen LogP contribution in [0, 0.1) is 35.3 Å². The van der Waals surface area contributed by atoms with Crippen LogP contribution >= 0.6 is 0 Å². The van der Waals surface area contributed by atoms with E-state index in [1.54, 1.807) is 17.0 Å². The lowest BCUT2D eigenvalue weighted by Gasteiger charge is -2.54. The summed E-state index contributed by atoms with van der Waals surface area (Å²) in [5, 5.41) is 11.1. The molecule has 1 aliphatic carbocycles. The molecular formula is C42H54F3N5O6S. The number of likely N-dealkylation sites (tertiary alicyclic amines) is 3. The van der Waals surface area contributed by atoms with Crippen molar-refractivity contribution in [2.75, 3.05) is 84.1 Å². The van der Waals surface area contributed by atoms with E-state index in [0.717, 1.165) is 69.8 Å². The molecule has 310 valence electrons. The number of carbonyl (C=O) groups is 2. The summed E-state index contributed by atoms with van der Waals surface area (Å²) in [6.07, 6.45) is 5.62. The molecule has 4 atom stereocenters. The number of ether oxygens (including phenoxy) is 1. The first-order valence-electron chi connectivity index (χ1n) is 20.3. The van der Waals surface area contributed by atoms with Gasteiger partial charge in [0, 0.05) is 37.6 Å². The Hall–Kier alpha value is -3.84. The molecule has 57 heavy (non-hydrogen) atoms. The Balaban J connectivity index is 1.01. The molecule has 11 nitrogen and oxygen atoms in total. The Labute approximate surface area is 333 Å². The number of rotatable bonds is 11. The summed E-state index contributed by atoms with van der Waals surface area (Å²) >= 11 is 0. The van der Waals surface area contributed by atoms with Crippen molar-refractivity contribution < 1.29 is 41.0 Å². The van der Waals surface area contributed by atoms with Crippen LogP contribution in [0.25, 0.3) is 0 Å². The molecule has 4 heterocycles. The highest BCUT2D eigenvalue weighted by Crippen LogP contribution is 2.52. The van der Waals surface area contributed by atoms with E-state index in [-0.39, 0.29) is 60.5 Å². The first kappa shape index (κ1) is 41.3. The number of nitrogens with zero attached hydrogens (tertiary/aromatic N) is 4. The van der Waals surface area contributed by atoms with Gasteiger partial charge in [0.05, 0.1) is 36.0 Å². The van der Waals surface area contributed by atoms with Gasteiger partial charge in [0.15, 0.2) is 15.5 Å². The Kier molecular flexibility index (Phi) is 12.5. The third kappa shape index (κ3) is 8.65. The lowest BCUT2D eigenvalue weighted by atomic mass is 9.57. The summed E-state index contributed by atoms with van der Waals surface area (Å²) in [6, 6.07) is 10.6. The fourth-order valence-corrected chi connectivity index (χ4v) is 12.1. The monoisotopic (exact) mass is 813 g/mol. The second-order valence-corrected chi connectivity index (χ2v) is 18.9. The Morgan fingerprint density at radius 1 is 0.965 bits per heavy atom. The van der Waals surface area contributed by atoms with Gasteiger partial charge in [0.2, 0.25) is 0 Å². The minimum absolute atomic E-state index is 0.0321. The zero-order valence-corrected chi connectivity index (χ0v) is 33.4. The molecule has 2 aromatic rings. The number of hydrogen-bond donors (Lipinski definition) is 2. The van der Waals surface area contributed by atoms with Crippen LogP contribution in [-0.4, -0.2) is 136 Å². The van der Waals surface area contributed by atoms with Crippen molar-refractivity contribution in [3.8, 4) is 11.8 Å². The summed E-state index contributed by atoms with van der Waals surface area (Å²) < 4.78 is 78.9. The second-order valence-electron chi connectivity index (χ2n) is 16.7. The molecule has 2 aromatic carbocycles. The summed E-state index contributed by atoms with van der Waals surface area (Å²) in [6.45, 7) is 3.92. The van der Waals surface area contributed by atoms with E-state index >= 15 is 13.2 Å². The Bertz CT molecular complexity index is 1960. The highest BCUT2D eigenvalue weighted by molar-refractivity contribution is 7.92. The van der Waals surface area contributed by atoms with Crippen LogP contribution in [0.5, 0.6) is 0 Å². The summed E-state index contributed by atoms with van der Waals surface area (Å²) in [5.74, 6) is 3.22. The van der Waals surface area contributed by atoms with E-state index in [1.165, 1.54) is 30.2 Å². The van der Waals surface area contributed by atoms with Crippen LogP contribution in [0.3, 0.4) is 0 Å². The zero-order chi connectivity index (χ0) is 40.4. The Morgan fingerprint density at radius 3 is 2.40 bits per heavy atom. The lowest BCUT2D eigenvalue weighted by Crippen LogP contribution is -2.65. The number of benzene rings is 2. The molecule has 2 unspecified atom stereocenters. The number of piperidine rings is 2. The van der Waals surface area contributed by atoms with Crippen molar-refractivity contribution in [2.24, 2.45) is 11.8 Å². The number of nitrogens with one attached hydrogen (secondary N) is 1. The van der Waals surface area contributed by atoms with Gasteiger partial charge >= 0.3 is 6.09 Å². The molecule has 5 aliphatic rings. The van der Waals surface area contributed by atoms with Crippen molar-refractivity contribution in [1.29, 1.82) is 0 Å². The third-order valence-electron chi connectivity index (χ3n) is 13.2. The Morgan fingerprint density at radius 2 is 1.74 bits per heavy atom. The van der Waals surface area contributed by atoms with Gasteiger partial charge in [-0.05, 0) is 125 Å². The molecule has 0 spiro atoms. The van der Waals surface area contributed by atoms with Gasteiger partial charge in [-0.2, -0.15) is 0 Å². The van der Waals surface area contributed by atoms with Gasteiger partial charge in [-0.25, -0.2) is 26.4 Å². The summed E-state index contributed by atoms with van der Waals surface area (Å²) in [5.41, 5.74) is -0.927. The molecular weight excluding hydrogens is 760 g/mol. The van der Waals surface area contributed by atoms with E-state index in [2.05, 4.69) is 27.0 Å². The third-order valence-corrected chi connectivity index (χ3v) is 15.4. The number of amides is 2. The fraction of sp³-hybridized carbons (Fsp3) is 0.619. The van der Waals surface area contributed by atoms with Gasteiger partial charge < -0.3 is 29.9 Å². The van der Waals surface area contributed by atoms with E-state index in [4.69, 9.17) is 9.84 Å². The number of halogens is 3. The number of hydrogen-bond acceptors (Lipinski definition) is 9. The van der Waals surface area contributed by atoms with Gasteiger partial charge in [0.25, 0.3) is 5.91 Å². The lowest BCUT2D eigenvalue weighted by molar-refractivity contribution is -0.125. The van der Waals surface area contributed by atoms with Gasteiger partial charge in [-0.15, -0.1) is 0 Å². The average molecular weight is 814 g/mol. The molecule has 0 radical (unpaired) electrons. The van der Waals surface area contributed by atoms with Crippen molar-refractivity contribution >= 4 is 27.5 Å². The largest absolute Gasteiger partial charge is 0.453 e. The maximum absolute atomic E-state index is 16.3. The SMILES string of the molecule is COC(=O)N[C@H]1CCC[C@@H]1C(CN1CCC1)(c1cccc(F)c1)C1CCN(CC2(F)CN(c3ccc(S(=O)(=O)C4CCCN(C(=O)C#CCO)C4)cc3F)C2)CC1. The molecule has 0 bridgehead atoms. The molecule has 2 N–H and O–H groups in total. The molecule has 1 saturated carbocycles. The van der Waals surface area contributed by atoms with Crippen LogP contribution in [0.15, 0.2) is 47.4 Å². The predicted octanol–water partition coefficient (Wildman–Crippen LogP) is 4.13. The standard InChI is InChI=1S/C42H54F3N5O6S/c1-56-40(53)46-37-11-3-10-35(37)42(29-47-17-6-18-47,31-7-2-8-32(43)23-31)30-15-20-48(21-16-30)26-41(45)27-50(28-41)38-14-13-33(24-36(38)44)57(54,55)34-9-4-19-49(25-34)39(52)12-5-22-51/h2,7-8,13-14,23-24,30,34-35,37,51H,3-4,6,9-11,15-22,25-29H2,1H3,(H,46,53)/t34?,35-,37-,42?/m0/s1. The molecule has 0 aromatic heterocycles. The van der Waals surface area contributed by atoms with Crippen molar-refractivity contribution in [3.63, 3.8) is 0 Å². The smallest absolute Gasteiger partial charge is 0.407 e. The molecule has 15 heteroatoms. The van der Waals surface area contributed by atoms with Crippen LogP contribution in [0.2, 0.25) is 0 Å². The van der Waals surface area contributed by atoms with Crippen LogP contribution in [0.4, 0.5) is 23.7 Å². The first-order chi connectivity index (χ1) is 27.3. The highest BCUT2D eigenvalue weighted by Gasteiger charge is 2.54. The van der Waals surface area contributed by atoms with Gasteiger partial charge in [-0.1, -0.05) is 24.5 Å². The normalized spacial score (nSPS) is 25.4. The van der Waals surface area contributed by atoms with E-state index in [9.17, 15) is 18.0 Å². The predicted molar refractivity (Wildman–Crippen MR) is 209 cm³/mol. The molecule has 2 amide bonds. The maximum atomic E-state index is 16.3. The van der Waals surface area contributed by atoms with Crippen LogP contribution in [0.1, 0.15) is 56.9 Å². The summed E-state index contributed by atoms with van der Waals surface area (Å²) in [7, 11) is -2.61. The van der Waals surface area contributed by atoms with Gasteiger partial charge in [-0.3, -0.25) is 9.69 Å². The van der Waals surface area contributed by atoms with E-state index in [0.29, 0.717) is 32.5 Å². The molecule has 5 fully saturated rings. The van der Waals surface area contributed by atoms with Crippen molar-refractivity contribution in [3.05, 3.63) is 59.7 Å². The quantitative estimate of drug-likeness (QED) is 0.323. The van der Waals surface area contributed by atoms with Crippen molar-refractivity contribution in [2.45, 2.75) is 78.6 Å². The number of alkyl halides is 1. The topological polar surface area (TPSA) is 123 Å². The number of aliphatic hydroxyl groups is 1. The number of aliphatic hydroxyl groups excluding tert-OH is 1.